The lowest BCUT2D eigenvalue weighted by molar-refractivity contribution is 0.209. The van der Waals surface area contributed by atoms with E-state index in [0.29, 0.717) is 0 Å². The van der Waals surface area contributed by atoms with Crippen LogP contribution < -0.4 is 5.32 Å². The van der Waals surface area contributed by atoms with Crippen LogP contribution in [0.4, 0.5) is 0 Å². The van der Waals surface area contributed by atoms with Crippen molar-refractivity contribution in [2.45, 2.75) is 33.2 Å². The highest BCUT2D eigenvalue weighted by Crippen LogP contribution is 2.14. The second kappa shape index (κ2) is 4.97. The van der Waals surface area contributed by atoms with Gasteiger partial charge in [0.15, 0.2) is 0 Å². The molecule has 13 heavy (non-hydrogen) atoms. The molecule has 2 unspecified atom stereocenters. The Labute approximate surface area is 82.7 Å². The van der Waals surface area contributed by atoms with Crippen molar-refractivity contribution in [1.82, 2.24) is 10.2 Å². The average Bonchev–Trinajstić information content (AvgIpc) is 2.47. The molecule has 1 heterocycles. The third kappa shape index (κ3) is 3.28. The summed E-state index contributed by atoms with van der Waals surface area (Å²) in [6.07, 6.45) is 1.32. The summed E-state index contributed by atoms with van der Waals surface area (Å²) in [4.78, 5) is 2.52. The Morgan fingerprint density at radius 3 is 2.54 bits per heavy atom. The van der Waals surface area contributed by atoms with Gasteiger partial charge in [0.25, 0.3) is 0 Å². The van der Waals surface area contributed by atoms with Gasteiger partial charge in [-0.1, -0.05) is 20.8 Å². The Morgan fingerprint density at radius 2 is 2.08 bits per heavy atom. The van der Waals surface area contributed by atoms with E-state index in [1.165, 1.54) is 26.1 Å². The summed E-state index contributed by atoms with van der Waals surface area (Å²) in [5.41, 5.74) is 0. The van der Waals surface area contributed by atoms with Gasteiger partial charge in [0.05, 0.1) is 0 Å². The van der Waals surface area contributed by atoms with Gasteiger partial charge >= 0.3 is 0 Å². The molecule has 2 heteroatoms. The summed E-state index contributed by atoms with van der Waals surface area (Å²) < 4.78 is 0. The van der Waals surface area contributed by atoms with Gasteiger partial charge in [-0.15, -0.1) is 0 Å². The van der Waals surface area contributed by atoms with Crippen molar-refractivity contribution in [1.29, 1.82) is 0 Å². The number of rotatable bonds is 4. The molecule has 1 fully saturated rings. The first-order valence-electron chi connectivity index (χ1n) is 5.52. The van der Waals surface area contributed by atoms with Gasteiger partial charge in [0.2, 0.25) is 0 Å². The summed E-state index contributed by atoms with van der Waals surface area (Å²) in [6, 6.07) is 0.763. The van der Waals surface area contributed by atoms with Gasteiger partial charge in [-0.25, -0.2) is 0 Å². The largest absolute Gasteiger partial charge is 0.315 e. The van der Waals surface area contributed by atoms with Gasteiger partial charge in [0.1, 0.15) is 0 Å². The highest BCUT2D eigenvalue weighted by molar-refractivity contribution is 4.84. The minimum atomic E-state index is 0.763. The topological polar surface area (TPSA) is 15.3 Å². The van der Waals surface area contributed by atoms with Gasteiger partial charge in [0, 0.05) is 12.6 Å². The number of nitrogens with zero attached hydrogens (tertiary/aromatic N) is 1. The lowest BCUT2D eigenvalue weighted by Gasteiger charge is -2.27. The molecule has 78 valence electrons. The minimum Gasteiger partial charge on any atom is -0.315 e. The van der Waals surface area contributed by atoms with Crippen LogP contribution in [-0.4, -0.2) is 37.6 Å². The van der Waals surface area contributed by atoms with Crippen molar-refractivity contribution >= 4 is 0 Å². The first kappa shape index (κ1) is 11.0. The van der Waals surface area contributed by atoms with E-state index in [1.807, 2.05) is 0 Å². The molecule has 1 aliphatic rings. The molecule has 0 spiro atoms. The standard InChI is InChI=1S/C11H24N2/c1-9(2)5-6-13(4)11-8-12-7-10(11)3/h9-12H,5-8H2,1-4H3. The zero-order valence-corrected chi connectivity index (χ0v) is 9.51. The lowest BCUT2D eigenvalue weighted by Crippen LogP contribution is -2.37. The van der Waals surface area contributed by atoms with Gasteiger partial charge in [-0.3, -0.25) is 0 Å². The fourth-order valence-electron chi connectivity index (χ4n) is 2.01. The molecular formula is C11H24N2. The molecule has 0 saturated carbocycles. The van der Waals surface area contributed by atoms with Crippen LogP contribution >= 0.6 is 0 Å². The molecule has 0 bridgehead atoms. The highest BCUT2D eigenvalue weighted by Gasteiger charge is 2.26. The van der Waals surface area contributed by atoms with E-state index in [2.05, 4.69) is 38.0 Å². The van der Waals surface area contributed by atoms with Gasteiger partial charge in [-0.2, -0.15) is 0 Å². The SMILES string of the molecule is CC(C)CCN(C)C1CNCC1C. The van der Waals surface area contributed by atoms with Crippen molar-refractivity contribution in [3.8, 4) is 0 Å². The Morgan fingerprint density at radius 1 is 1.38 bits per heavy atom. The smallest absolute Gasteiger partial charge is 0.0255 e. The van der Waals surface area contributed by atoms with Crippen LogP contribution in [0, 0.1) is 11.8 Å². The highest BCUT2D eigenvalue weighted by atomic mass is 15.2. The Hall–Kier alpha value is -0.0800. The second-order valence-corrected chi connectivity index (χ2v) is 4.87. The van der Waals surface area contributed by atoms with Gasteiger partial charge in [-0.05, 0) is 38.4 Å². The fourth-order valence-corrected chi connectivity index (χ4v) is 2.01. The zero-order chi connectivity index (χ0) is 9.84. The van der Waals surface area contributed by atoms with Crippen molar-refractivity contribution in [3.05, 3.63) is 0 Å². The molecule has 0 amide bonds. The average molecular weight is 184 g/mol. The molecule has 1 N–H and O–H groups in total. The maximum atomic E-state index is 3.45. The molecule has 0 radical (unpaired) electrons. The molecule has 1 saturated heterocycles. The molecule has 0 aliphatic carbocycles. The first-order valence-corrected chi connectivity index (χ1v) is 5.52. The van der Waals surface area contributed by atoms with Crippen LogP contribution in [0.2, 0.25) is 0 Å². The van der Waals surface area contributed by atoms with Crippen molar-refractivity contribution in [2.24, 2.45) is 11.8 Å². The van der Waals surface area contributed by atoms with Crippen molar-refractivity contribution in [3.63, 3.8) is 0 Å². The molecular weight excluding hydrogens is 160 g/mol. The molecule has 2 atom stereocenters. The number of hydrogen-bond donors (Lipinski definition) is 1. The van der Waals surface area contributed by atoms with Crippen LogP contribution in [-0.2, 0) is 0 Å². The number of hydrogen-bond acceptors (Lipinski definition) is 2. The predicted molar refractivity (Wildman–Crippen MR) is 57.9 cm³/mol. The second-order valence-electron chi connectivity index (χ2n) is 4.87. The van der Waals surface area contributed by atoms with E-state index in [0.717, 1.165) is 17.9 Å². The van der Waals surface area contributed by atoms with Crippen LogP contribution in [0.25, 0.3) is 0 Å². The summed E-state index contributed by atoms with van der Waals surface area (Å²) >= 11 is 0. The van der Waals surface area contributed by atoms with E-state index >= 15 is 0 Å². The third-order valence-corrected chi connectivity index (χ3v) is 3.10. The summed E-state index contributed by atoms with van der Waals surface area (Å²) in [5.74, 6) is 1.64. The zero-order valence-electron chi connectivity index (χ0n) is 9.51. The number of nitrogens with one attached hydrogen (secondary N) is 1. The van der Waals surface area contributed by atoms with Crippen LogP contribution in [0.5, 0.6) is 0 Å². The quantitative estimate of drug-likeness (QED) is 0.713. The fraction of sp³-hybridized carbons (Fsp3) is 1.00. The monoisotopic (exact) mass is 184 g/mol. The van der Waals surface area contributed by atoms with Crippen LogP contribution in [0.3, 0.4) is 0 Å². The third-order valence-electron chi connectivity index (χ3n) is 3.10. The van der Waals surface area contributed by atoms with Crippen molar-refractivity contribution < 1.29 is 0 Å². The van der Waals surface area contributed by atoms with Crippen LogP contribution in [0.15, 0.2) is 0 Å². The van der Waals surface area contributed by atoms with E-state index in [1.54, 1.807) is 0 Å². The Balaban J connectivity index is 2.25. The maximum absolute atomic E-state index is 3.45. The minimum absolute atomic E-state index is 0.763. The molecule has 2 nitrogen and oxygen atoms in total. The predicted octanol–water partition coefficient (Wildman–Crippen LogP) is 1.57. The molecule has 0 aromatic rings. The Bertz CT molecular complexity index is 145. The normalized spacial score (nSPS) is 29.1. The van der Waals surface area contributed by atoms with E-state index in [9.17, 15) is 0 Å². The maximum Gasteiger partial charge on any atom is 0.0255 e. The molecule has 0 aromatic carbocycles. The van der Waals surface area contributed by atoms with E-state index in [4.69, 9.17) is 0 Å². The molecule has 1 rings (SSSR count). The summed E-state index contributed by atoms with van der Waals surface area (Å²) in [7, 11) is 2.26. The number of likely N-dealkylation sites (N-methyl/N-ethyl adjacent to an activating group) is 1. The van der Waals surface area contributed by atoms with E-state index < -0.39 is 0 Å². The molecule has 1 aliphatic heterocycles. The lowest BCUT2D eigenvalue weighted by atomic mass is 10.0. The van der Waals surface area contributed by atoms with Crippen LogP contribution in [0.1, 0.15) is 27.2 Å². The summed E-state index contributed by atoms with van der Waals surface area (Å²) in [6.45, 7) is 10.5. The Kier molecular flexibility index (Phi) is 4.20. The first-order chi connectivity index (χ1) is 6.11. The molecule has 0 aromatic heterocycles. The van der Waals surface area contributed by atoms with Crippen molar-refractivity contribution in [2.75, 3.05) is 26.7 Å². The van der Waals surface area contributed by atoms with E-state index in [-0.39, 0.29) is 0 Å². The summed E-state index contributed by atoms with van der Waals surface area (Å²) in [5, 5.41) is 3.45. The van der Waals surface area contributed by atoms with Gasteiger partial charge < -0.3 is 10.2 Å².